The standard InChI is InChI=1S/C49H87N3O9/c1-3-5-7-9-11-13-15-17-18-19-20-22-24-26-28-33-37-59-49(58)52(36-32-27-25-23-21-16-14-12-10-8-6-4-2)47-44(46(56)45(55)42(39-53)61-47)51-43(54)38-50-48(57)60-40-41-34-30-29-31-35-41/h29-31,34-35,42,44-47,53,55-56H,3-28,32-33,36-40H2,1-2H3,(H,50,57)(H,51,54)/t42-,44-,45+,46-,47-/m1/s1. The number of nitrogens with one attached hydrogen (secondary N) is 2. The topological polar surface area (TPSA) is 167 Å². The molecule has 5 N–H and O–H groups in total. The Morgan fingerprint density at radius 3 is 1.56 bits per heavy atom. The molecular formula is C49H87N3O9. The minimum absolute atomic E-state index is 0.0237. The van der Waals surface area contributed by atoms with Crippen molar-refractivity contribution in [2.45, 2.75) is 231 Å². The van der Waals surface area contributed by atoms with Gasteiger partial charge in [-0.1, -0.05) is 211 Å². The Labute approximate surface area is 369 Å². The van der Waals surface area contributed by atoms with Crippen molar-refractivity contribution in [1.29, 1.82) is 0 Å². The first-order chi connectivity index (χ1) is 29.8. The van der Waals surface area contributed by atoms with Gasteiger partial charge in [0, 0.05) is 6.54 Å². The van der Waals surface area contributed by atoms with Crippen molar-refractivity contribution in [3.63, 3.8) is 0 Å². The van der Waals surface area contributed by atoms with E-state index in [1.807, 2.05) is 30.3 Å². The highest BCUT2D eigenvalue weighted by Gasteiger charge is 2.48. The first kappa shape index (κ1) is 54.2. The predicted molar refractivity (Wildman–Crippen MR) is 243 cm³/mol. The van der Waals surface area contributed by atoms with Crippen molar-refractivity contribution in [3.8, 4) is 0 Å². The maximum Gasteiger partial charge on any atom is 0.411 e. The largest absolute Gasteiger partial charge is 0.449 e. The molecule has 0 aromatic heterocycles. The van der Waals surface area contributed by atoms with Gasteiger partial charge in [-0.3, -0.25) is 9.69 Å². The Bertz CT molecular complexity index is 1230. The van der Waals surface area contributed by atoms with Gasteiger partial charge in [-0.25, -0.2) is 9.59 Å². The Kier molecular flexibility index (Phi) is 32.5. The summed E-state index contributed by atoms with van der Waals surface area (Å²) in [5.74, 6) is -0.684. The second-order valence-corrected chi connectivity index (χ2v) is 17.2. The quantitative estimate of drug-likeness (QED) is 0.0409. The minimum Gasteiger partial charge on any atom is -0.449 e. The summed E-state index contributed by atoms with van der Waals surface area (Å²) in [5, 5.41) is 37.1. The van der Waals surface area contributed by atoms with E-state index in [-0.39, 0.29) is 19.8 Å². The van der Waals surface area contributed by atoms with Gasteiger partial charge in [-0.05, 0) is 18.4 Å². The van der Waals surface area contributed by atoms with Crippen LogP contribution in [-0.2, 0) is 25.6 Å². The number of aliphatic hydroxyl groups excluding tert-OH is 3. The summed E-state index contributed by atoms with van der Waals surface area (Å²) in [6.45, 7) is 3.89. The van der Waals surface area contributed by atoms with E-state index in [4.69, 9.17) is 14.2 Å². The van der Waals surface area contributed by atoms with Gasteiger partial charge in [0.05, 0.1) is 13.2 Å². The zero-order valence-electron chi connectivity index (χ0n) is 38.3. The summed E-state index contributed by atoms with van der Waals surface area (Å²) in [4.78, 5) is 40.6. The molecule has 1 saturated heterocycles. The van der Waals surface area contributed by atoms with Crippen LogP contribution in [0.15, 0.2) is 30.3 Å². The van der Waals surface area contributed by atoms with Gasteiger partial charge < -0.3 is 40.2 Å². The number of benzene rings is 1. The number of nitrogens with zero attached hydrogens (tertiary/aromatic N) is 1. The summed E-state index contributed by atoms with van der Waals surface area (Å²) in [5.41, 5.74) is 0.787. The first-order valence-corrected chi connectivity index (χ1v) is 24.6. The number of carbonyl (C=O) groups excluding carboxylic acids is 3. The fourth-order valence-electron chi connectivity index (χ4n) is 8.02. The van der Waals surface area contributed by atoms with Crippen LogP contribution in [0.4, 0.5) is 9.59 Å². The molecule has 352 valence electrons. The Balaban J connectivity index is 1.88. The number of carbonyl (C=O) groups is 3. The van der Waals surface area contributed by atoms with Crippen molar-refractivity contribution in [3.05, 3.63) is 35.9 Å². The van der Waals surface area contributed by atoms with E-state index >= 15 is 0 Å². The van der Waals surface area contributed by atoms with Gasteiger partial charge in [0.25, 0.3) is 0 Å². The van der Waals surface area contributed by atoms with Crippen LogP contribution in [0.3, 0.4) is 0 Å². The van der Waals surface area contributed by atoms with Crippen molar-refractivity contribution in [2.75, 3.05) is 26.3 Å². The molecule has 0 spiro atoms. The van der Waals surface area contributed by atoms with E-state index < -0.39 is 61.8 Å². The molecule has 0 bridgehead atoms. The molecule has 0 radical (unpaired) electrons. The van der Waals surface area contributed by atoms with Crippen molar-refractivity contribution in [2.24, 2.45) is 0 Å². The summed E-state index contributed by atoms with van der Waals surface area (Å²) < 4.78 is 17.0. The van der Waals surface area contributed by atoms with Gasteiger partial charge in [-0.15, -0.1) is 0 Å². The van der Waals surface area contributed by atoms with E-state index in [1.54, 1.807) is 0 Å². The number of unbranched alkanes of at least 4 members (excludes halogenated alkanes) is 26. The van der Waals surface area contributed by atoms with Crippen LogP contribution in [0.5, 0.6) is 0 Å². The van der Waals surface area contributed by atoms with Gasteiger partial charge in [0.15, 0.2) is 6.23 Å². The highest BCUT2D eigenvalue weighted by atomic mass is 16.6. The molecule has 12 heteroatoms. The molecule has 1 aliphatic heterocycles. The molecule has 1 aliphatic rings. The van der Waals surface area contributed by atoms with Crippen LogP contribution in [0.25, 0.3) is 0 Å². The van der Waals surface area contributed by atoms with E-state index in [0.717, 1.165) is 50.5 Å². The molecule has 0 saturated carbocycles. The molecule has 1 aromatic rings. The van der Waals surface area contributed by atoms with Gasteiger partial charge in [-0.2, -0.15) is 0 Å². The van der Waals surface area contributed by atoms with Gasteiger partial charge in [0.2, 0.25) is 5.91 Å². The van der Waals surface area contributed by atoms with Crippen molar-refractivity contribution < 1.29 is 43.9 Å². The Morgan fingerprint density at radius 1 is 0.623 bits per heavy atom. The van der Waals surface area contributed by atoms with Crippen LogP contribution in [-0.4, -0.2) is 95.2 Å². The molecule has 0 aliphatic carbocycles. The number of hydrogen-bond donors (Lipinski definition) is 5. The average molecular weight is 862 g/mol. The summed E-state index contributed by atoms with van der Waals surface area (Å²) in [6.07, 6.45) is 26.7. The molecular weight excluding hydrogens is 775 g/mol. The SMILES string of the molecule is CCCCCCCCCCCCCCCCCCOC(=O)N(CCCCCCCCCCCCCC)[C@@H]1O[C@H](CO)[C@H](O)[C@H](O)[C@H]1NC(=O)CNC(=O)OCc1ccccc1. The van der Waals surface area contributed by atoms with Gasteiger partial charge >= 0.3 is 12.2 Å². The number of alkyl carbamates (subject to hydrolysis) is 1. The van der Waals surface area contributed by atoms with Crippen LogP contribution in [0.1, 0.15) is 199 Å². The van der Waals surface area contributed by atoms with E-state index in [0.29, 0.717) is 6.42 Å². The predicted octanol–water partition coefficient (Wildman–Crippen LogP) is 10.2. The highest BCUT2D eigenvalue weighted by Crippen LogP contribution is 2.26. The fourth-order valence-corrected chi connectivity index (χ4v) is 8.02. The molecule has 0 unspecified atom stereocenters. The van der Waals surface area contributed by atoms with E-state index in [2.05, 4.69) is 24.5 Å². The van der Waals surface area contributed by atoms with Crippen molar-refractivity contribution in [1.82, 2.24) is 15.5 Å². The van der Waals surface area contributed by atoms with Gasteiger partial charge in [0.1, 0.15) is 37.5 Å². The number of amides is 3. The second kappa shape index (κ2) is 36.5. The maximum absolute atomic E-state index is 13.8. The fraction of sp³-hybridized carbons (Fsp3) is 0.816. The Morgan fingerprint density at radius 2 is 1.08 bits per heavy atom. The van der Waals surface area contributed by atoms with Crippen LogP contribution >= 0.6 is 0 Å². The number of hydrogen-bond acceptors (Lipinski definition) is 9. The lowest BCUT2D eigenvalue weighted by Crippen LogP contribution is -2.69. The third-order valence-corrected chi connectivity index (χ3v) is 11.9. The summed E-state index contributed by atoms with van der Waals surface area (Å²) >= 11 is 0. The number of ether oxygens (including phenoxy) is 3. The van der Waals surface area contributed by atoms with E-state index in [1.165, 1.54) is 133 Å². The molecule has 1 heterocycles. The molecule has 61 heavy (non-hydrogen) atoms. The number of aliphatic hydroxyl groups is 3. The molecule has 1 aromatic carbocycles. The lowest BCUT2D eigenvalue weighted by atomic mass is 9.95. The van der Waals surface area contributed by atoms with Crippen molar-refractivity contribution >= 4 is 18.1 Å². The zero-order valence-corrected chi connectivity index (χ0v) is 38.3. The molecule has 5 atom stereocenters. The zero-order chi connectivity index (χ0) is 44.2. The Hall–Kier alpha value is -2.93. The average Bonchev–Trinajstić information content (AvgIpc) is 3.27. The monoisotopic (exact) mass is 862 g/mol. The third-order valence-electron chi connectivity index (χ3n) is 11.9. The molecule has 2 rings (SSSR count). The minimum atomic E-state index is -1.58. The lowest BCUT2D eigenvalue weighted by molar-refractivity contribution is -0.226. The third kappa shape index (κ3) is 25.7. The highest BCUT2D eigenvalue weighted by molar-refractivity contribution is 5.82. The molecule has 12 nitrogen and oxygen atoms in total. The normalized spacial score (nSPS) is 18.7. The lowest BCUT2D eigenvalue weighted by Gasteiger charge is -2.46. The molecule has 3 amide bonds. The smallest absolute Gasteiger partial charge is 0.411 e. The maximum atomic E-state index is 13.8. The molecule has 1 fully saturated rings. The number of rotatable bonds is 37. The van der Waals surface area contributed by atoms with Crippen LogP contribution < -0.4 is 10.6 Å². The second-order valence-electron chi connectivity index (χ2n) is 17.2. The summed E-state index contributed by atoms with van der Waals surface area (Å²) in [7, 11) is 0. The van der Waals surface area contributed by atoms with Crippen LogP contribution in [0, 0.1) is 0 Å². The first-order valence-electron chi connectivity index (χ1n) is 24.6. The summed E-state index contributed by atoms with van der Waals surface area (Å²) in [6, 6.07) is 7.85. The van der Waals surface area contributed by atoms with E-state index in [9.17, 15) is 29.7 Å². The van der Waals surface area contributed by atoms with Crippen LogP contribution in [0.2, 0.25) is 0 Å².